The molecule has 1 aliphatic rings. The summed E-state index contributed by atoms with van der Waals surface area (Å²) < 4.78 is 2.93. The second-order valence-electron chi connectivity index (χ2n) is 1.54. The zero-order valence-electron chi connectivity index (χ0n) is 3.53. The second kappa shape index (κ2) is 0.977. The minimum Gasteiger partial charge on any atom is -0.424 e. The first-order chi connectivity index (χ1) is 2.39. The van der Waals surface area contributed by atoms with Gasteiger partial charge in [0.1, 0.15) is 7.11 Å². The van der Waals surface area contributed by atoms with E-state index in [9.17, 15) is 0 Å². The summed E-state index contributed by atoms with van der Waals surface area (Å²) in [4.78, 5) is 0. The molecular weight excluding hydrogens is 64.0 g/mol. The molecule has 0 saturated carbocycles. The molecule has 0 amide bonds. The van der Waals surface area contributed by atoms with Gasteiger partial charge in [-0.05, 0) is 0 Å². The van der Waals surface area contributed by atoms with Gasteiger partial charge in [0.15, 0.2) is 13.2 Å². The van der Waals surface area contributed by atoms with Gasteiger partial charge in [0.25, 0.3) is 0 Å². The Morgan fingerprint density at radius 3 is 1.80 bits per heavy atom. The third-order valence-corrected chi connectivity index (χ3v) is 0.986. The second-order valence-corrected chi connectivity index (χ2v) is 1.54. The fraction of sp³-hybridized carbons (Fsp3) is 1.00. The average molecular weight is 73.1 g/mol. The highest BCUT2D eigenvalue weighted by Crippen LogP contribution is 2.05. The molecule has 1 heterocycles. The molecule has 1 fully saturated rings. The number of rotatable bonds is 0. The van der Waals surface area contributed by atoms with Crippen molar-refractivity contribution in [2.45, 2.75) is 6.42 Å². The summed E-state index contributed by atoms with van der Waals surface area (Å²) in [6.45, 7) is 2.47. The monoisotopic (exact) mass is 73.1 g/mol. The molecule has 0 aromatic heterocycles. The lowest BCUT2D eigenvalue weighted by molar-refractivity contribution is -0.173. The predicted molar refractivity (Wildman–Crippen MR) is 21.4 cm³/mol. The highest BCUT2D eigenvalue weighted by molar-refractivity contribution is 4.48. The zero-order chi connectivity index (χ0) is 3.70. The maximum atomic E-state index is 2.93. The van der Waals surface area contributed by atoms with Gasteiger partial charge >= 0.3 is 0 Å². The Kier molecular flexibility index (Phi) is 0.618. The van der Waals surface area contributed by atoms with Crippen molar-refractivity contribution in [3.8, 4) is 0 Å². The van der Waals surface area contributed by atoms with Gasteiger partial charge in [-0.25, -0.2) is 0 Å². The minimum absolute atomic E-state index is 1.24. The third kappa shape index (κ3) is 0.428. The van der Waals surface area contributed by atoms with Crippen molar-refractivity contribution < 1.29 is 4.37 Å². The normalized spacial score (nSPS) is 25.8. The van der Waals surface area contributed by atoms with Crippen LogP contribution < -0.4 is 0 Å². The fourth-order valence-corrected chi connectivity index (χ4v) is 0.433. The Bertz CT molecular complexity index is 30.6. The van der Waals surface area contributed by atoms with Crippen molar-refractivity contribution in [3.05, 3.63) is 0 Å². The van der Waals surface area contributed by atoms with Crippen molar-refractivity contribution >= 4 is 0 Å². The molecule has 0 aromatic carbocycles. The molecule has 0 atom stereocenters. The van der Waals surface area contributed by atoms with Gasteiger partial charge in [0.05, 0.1) is 6.42 Å². The maximum absolute atomic E-state index is 2.93. The van der Waals surface area contributed by atoms with E-state index >= 15 is 0 Å². The SMILES string of the molecule is C[O+]1CCC1. The van der Waals surface area contributed by atoms with E-state index < -0.39 is 0 Å². The Labute approximate surface area is 32.3 Å². The molecule has 0 aromatic rings. The van der Waals surface area contributed by atoms with Crippen LogP contribution in [-0.2, 0) is 4.37 Å². The van der Waals surface area contributed by atoms with Crippen molar-refractivity contribution in [1.82, 2.24) is 0 Å². The summed E-state index contributed by atoms with van der Waals surface area (Å²) >= 11 is 0. The van der Waals surface area contributed by atoms with Gasteiger partial charge in [-0.1, -0.05) is 0 Å². The van der Waals surface area contributed by atoms with E-state index in [-0.39, 0.29) is 0 Å². The lowest BCUT2D eigenvalue weighted by Crippen LogP contribution is -2.24. The van der Waals surface area contributed by atoms with E-state index in [0.29, 0.717) is 0 Å². The molecule has 30 valence electrons. The Morgan fingerprint density at radius 1 is 1.40 bits per heavy atom. The molecule has 0 unspecified atom stereocenters. The summed E-state index contributed by atoms with van der Waals surface area (Å²) in [5, 5.41) is 0. The average Bonchev–Trinajstić information content (AvgIpc) is 1.30. The standard InChI is InChI=1S/C4H9O/c1-5-3-2-4-5/h2-4H2,1H3/q+1. The third-order valence-electron chi connectivity index (χ3n) is 0.986. The van der Waals surface area contributed by atoms with Crippen LogP contribution in [0.1, 0.15) is 6.42 Å². The Balaban J connectivity index is 2.08. The summed E-state index contributed by atoms with van der Waals surface area (Å²) in [5.41, 5.74) is 0. The van der Waals surface area contributed by atoms with Crippen molar-refractivity contribution in [1.29, 1.82) is 0 Å². The van der Waals surface area contributed by atoms with Crippen LogP contribution in [-0.4, -0.2) is 20.3 Å². The lowest BCUT2D eigenvalue weighted by atomic mass is 10.4. The van der Waals surface area contributed by atoms with E-state index in [0.717, 1.165) is 0 Å². The lowest BCUT2D eigenvalue weighted by Gasteiger charge is -2.20. The van der Waals surface area contributed by atoms with E-state index in [2.05, 4.69) is 11.5 Å². The van der Waals surface area contributed by atoms with Gasteiger partial charge < -0.3 is 4.37 Å². The molecule has 0 N–H and O–H groups in total. The van der Waals surface area contributed by atoms with Gasteiger partial charge in [-0.3, -0.25) is 0 Å². The van der Waals surface area contributed by atoms with Crippen LogP contribution >= 0.6 is 0 Å². The molecule has 0 spiro atoms. The first-order valence-corrected chi connectivity index (χ1v) is 1.99. The molecule has 5 heavy (non-hydrogen) atoms. The van der Waals surface area contributed by atoms with Crippen LogP contribution in [0.2, 0.25) is 0 Å². The van der Waals surface area contributed by atoms with Crippen LogP contribution in [0.4, 0.5) is 0 Å². The smallest absolute Gasteiger partial charge is 0.153 e. The van der Waals surface area contributed by atoms with Crippen molar-refractivity contribution in [2.24, 2.45) is 0 Å². The van der Waals surface area contributed by atoms with Gasteiger partial charge in [0, 0.05) is 0 Å². The first-order valence-electron chi connectivity index (χ1n) is 1.99. The largest absolute Gasteiger partial charge is 0.424 e. The predicted octanol–water partition coefficient (Wildman–Crippen LogP) is 0.572. The molecule has 1 aliphatic heterocycles. The molecule has 0 bridgehead atoms. The number of hydrogen-bond donors (Lipinski definition) is 0. The Hall–Kier alpha value is -0.0400. The highest BCUT2D eigenvalue weighted by Gasteiger charge is 2.12. The van der Waals surface area contributed by atoms with E-state index in [1.807, 2.05) is 0 Å². The van der Waals surface area contributed by atoms with Gasteiger partial charge in [0.2, 0.25) is 0 Å². The first kappa shape index (κ1) is 3.16. The van der Waals surface area contributed by atoms with E-state index in [4.69, 9.17) is 0 Å². The quantitative estimate of drug-likeness (QED) is 0.369. The molecule has 1 heteroatoms. The van der Waals surface area contributed by atoms with E-state index in [1.165, 1.54) is 19.6 Å². The zero-order valence-corrected chi connectivity index (χ0v) is 3.53. The van der Waals surface area contributed by atoms with Crippen LogP contribution in [0.3, 0.4) is 0 Å². The Morgan fingerprint density at radius 2 is 1.80 bits per heavy atom. The molecule has 1 saturated heterocycles. The summed E-state index contributed by atoms with van der Waals surface area (Å²) in [7, 11) is 2.06. The number of hydrogen-bond acceptors (Lipinski definition) is 0. The molecule has 0 aliphatic carbocycles. The van der Waals surface area contributed by atoms with Crippen LogP contribution in [0.15, 0.2) is 0 Å². The summed E-state index contributed by atoms with van der Waals surface area (Å²) in [5.74, 6) is 0. The highest BCUT2D eigenvalue weighted by atomic mass is 16.7. The summed E-state index contributed by atoms with van der Waals surface area (Å²) in [6.07, 6.45) is 1.38. The van der Waals surface area contributed by atoms with Crippen molar-refractivity contribution in [2.75, 3.05) is 20.3 Å². The van der Waals surface area contributed by atoms with E-state index in [1.54, 1.807) is 0 Å². The fourth-order valence-electron chi connectivity index (χ4n) is 0.433. The summed E-state index contributed by atoms with van der Waals surface area (Å²) in [6, 6.07) is 0. The topological polar surface area (TPSA) is 2.70 Å². The minimum atomic E-state index is 1.24. The molecular formula is C4H9O+. The molecule has 0 radical (unpaired) electrons. The van der Waals surface area contributed by atoms with Crippen molar-refractivity contribution in [3.63, 3.8) is 0 Å². The van der Waals surface area contributed by atoms with Gasteiger partial charge in [-0.2, -0.15) is 0 Å². The molecule has 1 nitrogen and oxygen atoms in total. The van der Waals surface area contributed by atoms with Crippen LogP contribution in [0, 0.1) is 0 Å². The van der Waals surface area contributed by atoms with Gasteiger partial charge in [-0.15, -0.1) is 0 Å². The maximum Gasteiger partial charge on any atom is 0.153 e. The van der Waals surface area contributed by atoms with Crippen LogP contribution in [0.25, 0.3) is 0 Å². The van der Waals surface area contributed by atoms with Crippen LogP contribution in [0.5, 0.6) is 0 Å². The molecule has 1 rings (SSSR count).